The molecule has 1 aliphatic heterocycles. The van der Waals surface area contributed by atoms with E-state index in [1.807, 2.05) is 42.5 Å². The molecule has 0 N–H and O–H groups in total. The van der Waals surface area contributed by atoms with Gasteiger partial charge in [0.25, 0.3) is 0 Å². The molecule has 260 valence electrons. The third kappa shape index (κ3) is 7.66. The van der Waals surface area contributed by atoms with E-state index in [2.05, 4.69) is 140 Å². The van der Waals surface area contributed by atoms with Gasteiger partial charge in [0.15, 0.2) is 0 Å². The van der Waals surface area contributed by atoms with Gasteiger partial charge in [0.1, 0.15) is 0 Å². The molecule has 6 heteroatoms. The normalized spacial score (nSPS) is 19.9. The number of benzene rings is 6. The van der Waals surface area contributed by atoms with Crippen LogP contribution in [0.2, 0.25) is 0 Å². The van der Waals surface area contributed by atoms with Crippen LogP contribution in [0.1, 0.15) is 23.1 Å². The molecule has 7 rings (SSSR count). The standard InChI is InChI=1S/C45H44BrO4P/c46-51(39-25-13-4-14-26-39,40-27-15-5-16-28-40,41-29-17-6-18-30-41)44-31-42(48-33-37-21-9-2-10-22-37)45(49-34-38-23-11-3-12-24-38)43(50-44)35-47-32-36-19-7-1-8-20-36/h1-30,42-45H,31-35H2/t42-,43-,44?,45+/m1/s1. The first-order chi connectivity index (χ1) is 25.1. The van der Waals surface area contributed by atoms with Crippen molar-refractivity contribution in [3.63, 3.8) is 0 Å². The molecular weight excluding hydrogens is 715 g/mol. The van der Waals surface area contributed by atoms with Crippen LogP contribution in [0.15, 0.2) is 182 Å². The molecular formula is C45H44BrO4P. The summed E-state index contributed by atoms with van der Waals surface area (Å²) in [7, 11) is 0. The maximum atomic E-state index is 7.52. The van der Waals surface area contributed by atoms with E-state index in [0.717, 1.165) is 16.7 Å². The van der Waals surface area contributed by atoms with E-state index < -0.39 is 11.4 Å². The van der Waals surface area contributed by atoms with E-state index in [1.54, 1.807) is 0 Å². The fourth-order valence-corrected chi connectivity index (χ4v) is 15.3. The van der Waals surface area contributed by atoms with Gasteiger partial charge in [0.05, 0.1) is 0 Å². The van der Waals surface area contributed by atoms with Gasteiger partial charge in [-0.3, -0.25) is 0 Å². The molecule has 0 amide bonds. The Balaban J connectivity index is 1.34. The van der Waals surface area contributed by atoms with Crippen molar-refractivity contribution in [1.82, 2.24) is 0 Å². The van der Waals surface area contributed by atoms with Crippen LogP contribution in [0, 0.1) is 0 Å². The van der Waals surface area contributed by atoms with Crippen molar-refractivity contribution in [1.29, 1.82) is 0 Å². The summed E-state index contributed by atoms with van der Waals surface area (Å²) >= 11 is 4.70. The number of ether oxygens (including phenoxy) is 4. The van der Waals surface area contributed by atoms with Crippen LogP contribution < -0.4 is 15.9 Å². The SMILES string of the molecule is BrP(c1ccccc1)(c1ccccc1)(c1ccccc1)C1C[C@@H](OCc2ccccc2)[C@H](OCc2ccccc2)[C@@H](COCc2ccccc2)O1. The summed E-state index contributed by atoms with van der Waals surface area (Å²) in [6, 6.07) is 63.4. The molecule has 6 aromatic carbocycles. The molecule has 4 atom stereocenters. The second-order valence-electron chi connectivity index (χ2n) is 13.0. The molecule has 1 saturated heterocycles. The van der Waals surface area contributed by atoms with Gasteiger partial charge >= 0.3 is 311 Å². The van der Waals surface area contributed by atoms with Crippen molar-refractivity contribution in [2.24, 2.45) is 0 Å². The molecule has 0 aromatic heterocycles. The fourth-order valence-electron chi connectivity index (χ4n) is 7.25. The van der Waals surface area contributed by atoms with Gasteiger partial charge in [-0.15, -0.1) is 0 Å². The summed E-state index contributed by atoms with van der Waals surface area (Å²) in [4.78, 5) is 0. The zero-order valence-corrected chi connectivity index (χ0v) is 31.1. The second-order valence-corrected chi connectivity index (χ2v) is 21.7. The zero-order chi connectivity index (χ0) is 34.8. The van der Waals surface area contributed by atoms with Crippen LogP contribution >= 0.6 is 20.8 Å². The predicted octanol–water partition coefficient (Wildman–Crippen LogP) is 9.33. The van der Waals surface area contributed by atoms with Crippen molar-refractivity contribution < 1.29 is 18.9 Å². The minimum atomic E-state index is -3.57. The van der Waals surface area contributed by atoms with Crippen LogP contribution in [0.25, 0.3) is 0 Å². The summed E-state index contributed by atoms with van der Waals surface area (Å²) in [5.41, 5.74) is 3.33. The van der Waals surface area contributed by atoms with E-state index >= 15 is 0 Å². The van der Waals surface area contributed by atoms with Crippen molar-refractivity contribution in [3.05, 3.63) is 199 Å². The number of rotatable bonds is 14. The molecule has 1 fully saturated rings. The van der Waals surface area contributed by atoms with Crippen molar-refractivity contribution in [2.45, 2.75) is 50.4 Å². The number of hydrogen-bond acceptors (Lipinski definition) is 4. The summed E-state index contributed by atoms with van der Waals surface area (Å²) in [6.45, 7) is 1.71. The van der Waals surface area contributed by atoms with E-state index in [9.17, 15) is 0 Å². The minimum absolute atomic E-state index is 0.298. The molecule has 0 radical (unpaired) electrons. The van der Waals surface area contributed by atoms with Crippen LogP contribution in [-0.4, -0.2) is 30.8 Å². The average Bonchev–Trinajstić information content (AvgIpc) is 3.21. The van der Waals surface area contributed by atoms with Gasteiger partial charge in [-0.05, 0) is 0 Å². The Bertz CT molecular complexity index is 1820. The number of hydrogen-bond donors (Lipinski definition) is 0. The fraction of sp³-hybridized carbons (Fsp3) is 0.200. The van der Waals surface area contributed by atoms with Crippen LogP contribution in [0.4, 0.5) is 0 Å². The van der Waals surface area contributed by atoms with Crippen molar-refractivity contribution >= 4 is 36.7 Å². The van der Waals surface area contributed by atoms with Gasteiger partial charge in [-0.25, -0.2) is 0 Å². The first-order valence-electron chi connectivity index (χ1n) is 17.6. The van der Waals surface area contributed by atoms with Crippen molar-refractivity contribution in [2.75, 3.05) is 6.61 Å². The van der Waals surface area contributed by atoms with Gasteiger partial charge < -0.3 is 0 Å². The molecule has 0 bridgehead atoms. The third-order valence-electron chi connectivity index (χ3n) is 9.81. The Kier molecular flexibility index (Phi) is 11.5. The Morgan fingerprint density at radius 2 is 0.863 bits per heavy atom. The Labute approximate surface area is 310 Å². The van der Waals surface area contributed by atoms with Crippen LogP contribution in [-0.2, 0) is 38.8 Å². The summed E-state index contributed by atoms with van der Waals surface area (Å²) in [5, 5.41) is 0.0111. The van der Waals surface area contributed by atoms with E-state index in [0.29, 0.717) is 32.8 Å². The molecule has 4 nitrogen and oxygen atoms in total. The summed E-state index contributed by atoms with van der Waals surface area (Å²) < 4.78 is 27.9. The van der Waals surface area contributed by atoms with Crippen LogP contribution in [0.5, 0.6) is 0 Å². The predicted molar refractivity (Wildman–Crippen MR) is 213 cm³/mol. The van der Waals surface area contributed by atoms with Gasteiger partial charge in [-0.2, -0.15) is 0 Å². The first kappa shape index (κ1) is 35.5. The zero-order valence-electron chi connectivity index (χ0n) is 28.6. The Morgan fingerprint density at radius 1 is 0.490 bits per heavy atom. The van der Waals surface area contributed by atoms with Crippen LogP contribution in [0.3, 0.4) is 0 Å². The molecule has 0 spiro atoms. The topological polar surface area (TPSA) is 36.9 Å². The molecule has 6 aromatic rings. The van der Waals surface area contributed by atoms with Crippen molar-refractivity contribution in [3.8, 4) is 0 Å². The summed E-state index contributed by atoms with van der Waals surface area (Å²) in [5.74, 6) is -0.314. The molecule has 1 unspecified atom stereocenters. The van der Waals surface area contributed by atoms with Gasteiger partial charge in [-0.1, -0.05) is 0 Å². The monoisotopic (exact) mass is 758 g/mol. The molecule has 51 heavy (non-hydrogen) atoms. The Morgan fingerprint density at radius 3 is 1.29 bits per heavy atom. The van der Waals surface area contributed by atoms with E-state index in [4.69, 9.17) is 34.4 Å². The number of halogens is 1. The summed E-state index contributed by atoms with van der Waals surface area (Å²) in [6.07, 6.45) is -0.506. The molecule has 1 heterocycles. The van der Waals surface area contributed by atoms with E-state index in [1.165, 1.54) is 15.9 Å². The van der Waals surface area contributed by atoms with Gasteiger partial charge in [0, 0.05) is 0 Å². The quantitative estimate of drug-likeness (QED) is 0.104. The first-order valence-corrected chi connectivity index (χ1v) is 21.9. The van der Waals surface area contributed by atoms with Gasteiger partial charge in [0.2, 0.25) is 0 Å². The molecule has 0 aliphatic carbocycles. The average molecular weight is 760 g/mol. The second kappa shape index (κ2) is 16.6. The third-order valence-corrected chi connectivity index (χ3v) is 20.2. The molecule has 1 aliphatic rings. The Hall–Kier alpha value is -3.93. The molecule has 0 saturated carbocycles. The maximum absolute atomic E-state index is 7.52. The van der Waals surface area contributed by atoms with E-state index in [-0.39, 0.29) is 18.1 Å².